The van der Waals surface area contributed by atoms with Gasteiger partial charge in [0.1, 0.15) is 16.5 Å². The summed E-state index contributed by atoms with van der Waals surface area (Å²) in [6, 6.07) is 8.29. The molecule has 0 heterocycles. The van der Waals surface area contributed by atoms with E-state index >= 15 is 0 Å². The van der Waals surface area contributed by atoms with Gasteiger partial charge in [0.2, 0.25) is 0 Å². The molecule has 0 aliphatic carbocycles. The molecule has 0 radical (unpaired) electrons. The summed E-state index contributed by atoms with van der Waals surface area (Å²) in [6.07, 6.45) is 0. The van der Waals surface area contributed by atoms with E-state index in [9.17, 15) is 22.9 Å². The number of ether oxygens (including phenoxy) is 1. The Kier molecular flexibility index (Phi) is 4.27. The van der Waals surface area contributed by atoms with E-state index < -0.39 is 31.3 Å². The third-order valence-corrected chi connectivity index (χ3v) is 4.15. The van der Waals surface area contributed by atoms with Crippen molar-refractivity contribution in [3.63, 3.8) is 0 Å². The highest BCUT2D eigenvalue weighted by molar-refractivity contribution is 7.92. The monoisotopic (exact) mass is 326 g/mol. The maximum atomic E-state index is 13.6. The number of nitro benzene ring substituents is 1. The number of benzene rings is 2. The topological polar surface area (TPSA) is 98.5 Å². The average molecular weight is 326 g/mol. The molecule has 0 saturated carbocycles. The third-order valence-electron chi connectivity index (χ3n) is 2.77. The lowest BCUT2D eigenvalue weighted by atomic mass is 10.3. The lowest BCUT2D eigenvalue weighted by molar-refractivity contribution is -0.385. The number of non-ortho nitro benzene ring substituents is 1. The summed E-state index contributed by atoms with van der Waals surface area (Å²) in [6.45, 7) is 0. The molecule has 0 unspecified atom stereocenters. The van der Waals surface area contributed by atoms with Gasteiger partial charge in [-0.15, -0.1) is 0 Å². The fourth-order valence-corrected chi connectivity index (χ4v) is 2.99. The van der Waals surface area contributed by atoms with Gasteiger partial charge in [-0.2, -0.15) is 0 Å². The number of nitrogens with zero attached hydrogens (tertiary/aromatic N) is 1. The van der Waals surface area contributed by atoms with Gasteiger partial charge < -0.3 is 4.74 Å². The first-order valence-corrected chi connectivity index (χ1v) is 7.43. The molecule has 2 aromatic rings. The minimum atomic E-state index is -4.25. The number of nitro groups is 1. The molecule has 0 amide bonds. The summed E-state index contributed by atoms with van der Waals surface area (Å²) in [4.78, 5) is 9.60. The Morgan fingerprint density at radius 2 is 1.91 bits per heavy atom. The van der Waals surface area contributed by atoms with Gasteiger partial charge in [0.25, 0.3) is 15.7 Å². The van der Waals surface area contributed by atoms with E-state index in [1.54, 1.807) is 0 Å². The number of hydrogen-bond donors (Lipinski definition) is 1. The van der Waals surface area contributed by atoms with Crippen LogP contribution in [0, 0.1) is 15.9 Å². The lowest BCUT2D eigenvalue weighted by Gasteiger charge is -2.11. The second-order valence-corrected chi connectivity index (χ2v) is 5.83. The average Bonchev–Trinajstić information content (AvgIpc) is 2.48. The number of anilines is 1. The van der Waals surface area contributed by atoms with Crippen molar-refractivity contribution < 1.29 is 22.5 Å². The highest BCUT2D eigenvalue weighted by Gasteiger charge is 2.24. The lowest BCUT2D eigenvalue weighted by Crippen LogP contribution is -2.15. The molecule has 22 heavy (non-hydrogen) atoms. The van der Waals surface area contributed by atoms with Gasteiger partial charge in [0, 0.05) is 12.1 Å². The zero-order chi connectivity index (χ0) is 16.3. The Morgan fingerprint density at radius 1 is 1.23 bits per heavy atom. The summed E-state index contributed by atoms with van der Waals surface area (Å²) in [5, 5.41) is 10.8. The van der Waals surface area contributed by atoms with E-state index in [0.717, 1.165) is 24.3 Å². The predicted molar refractivity (Wildman–Crippen MR) is 76.9 cm³/mol. The van der Waals surface area contributed by atoms with Gasteiger partial charge in [-0.05, 0) is 18.2 Å². The van der Waals surface area contributed by atoms with Gasteiger partial charge in [0.05, 0.1) is 17.7 Å². The van der Waals surface area contributed by atoms with E-state index in [2.05, 4.69) is 0 Å². The first-order chi connectivity index (χ1) is 10.3. The van der Waals surface area contributed by atoms with Crippen LogP contribution in [0.2, 0.25) is 0 Å². The molecular weight excluding hydrogens is 315 g/mol. The summed E-state index contributed by atoms with van der Waals surface area (Å²) < 4.78 is 45.2. The van der Waals surface area contributed by atoms with E-state index in [1.165, 1.54) is 25.3 Å². The van der Waals surface area contributed by atoms with Crippen LogP contribution in [0.25, 0.3) is 0 Å². The van der Waals surface area contributed by atoms with Crippen LogP contribution in [0.4, 0.5) is 15.8 Å². The third kappa shape index (κ3) is 3.14. The summed E-state index contributed by atoms with van der Waals surface area (Å²) in [7, 11) is -3.03. The molecule has 0 atom stereocenters. The summed E-state index contributed by atoms with van der Waals surface area (Å²) in [5.74, 6) is -0.857. The Labute approximate surface area is 125 Å². The van der Waals surface area contributed by atoms with Crippen molar-refractivity contribution in [1.29, 1.82) is 0 Å². The molecule has 0 aliphatic rings. The molecule has 2 aromatic carbocycles. The largest absolute Gasteiger partial charge is 0.495 e. The first-order valence-electron chi connectivity index (χ1n) is 5.95. The van der Waals surface area contributed by atoms with Gasteiger partial charge in [-0.25, -0.2) is 12.8 Å². The SMILES string of the molecule is COc1ccc([N+](=O)[O-])cc1S(=O)(=O)Nc1ccccc1F. The number of sulfonamides is 1. The van der Waals surface area contributed by atoms with Crippen molar-refractivity contribution in [3.8, 4) is 5.75 Å². The normalized spacial score (nSPS) is 11.0. The Balaban J connectivity index is 2.51. The number of nitrogens with one attached hydrogen (secondary N) is 1. The van der Waals surface area contributed by atoms with Crippen molar-refractivity contribution in [1.82, 2.24) is 0 Å². The van der Waals surface area contributed by atoms with Crippen LogP contribution in [0.3, 0.4) is 0 Å². The Morgan fingerprint density at radius 3 is 2.50 bits per heavy atom. The smallest absolute Gasteiger partial charge is 0.271 e. The van der Waals surface area contributed by atoms with Crippen LogP contribution in [0.5, 0.6) is 5.75 Å². The quantitative estimate of drug-likeness (QED) is 0.672. The first kappa shape index (κ1) is 15.7. The maximum absolute atomic E-state index is 13.6. The van der Waals surface area contributed by atoms with Crippen LogP contribution in [0.15, 0.2) is 47.4 Å². The molecular formula is C13H11FN2O5S. The van der Waals surface area contributed by atoms with Crippen molar-refractivity contribution >= 4 is 21.4 Å². The van der Waals surface area contributed by atoms with Gasteiger partial charge in [-0.1, -0.05) is 12.1 Å². The molecule has 0 saturated heterocycles. The van der Waals surface area contributed by atoms with Crippen molar-refractivity contribution in [2.24, 2.45) is 0 Å². The van der Waals surface area contributed by atoms with Gasteiger partial charge >= 0.3 is 0 Å². The summed E-state index contributed by atoms with van der Waals surface area (Å²) >= 11 is 0. The second-order valence-electron chi connectivity index (χ2n) is 4.18. The maximum Gasteiger partial charge on any atom is 0.271 e. The van der Waals surface area contributed by atoms with E-state index in [-0.39, 0.29) is 11.4 Å². The molecule has 0 aromatic heterocycles. The van der Waals surface area contributed by atoms with E-state index in [1.807, 2.05) is 4.72 Å². The fraction of sp³-hybridized carbons (Fsp3) is 0.0769. The number of halogens is 1. The van der Waals surface area contributed by atoms with Crippen molar-refractivity contribution in [3.05, 3.63) is 58.4 Å². The molecule has 7 nitrogen and oxygen atoms in total. The van der Waals surface area contributed by atoms with E-state index in [4.69, 9.17) is 4.74 Å². The van der Waals surface area contributed by atoms with E-state index in [0.29, 0.717) is 0 Å². The predicted octanol–water partition coefficient (Wildman–Crippen LogP) is 2.54. The molecule has 9 heteroatoms. The molecule has 0 aliphatic heterocycles. The summed E-state index contributed by atoms with van der Waals surface area (Å²) in [5.41, 5.74) is -0.689. The molecule has 2 rings (SSSR count). The van der Waals surface area contributed by atoms with Crippen molar-refractivity contribution in [2.75, 3.05) is 11.8 Å². The van der Waals surface area contributed by atoms with Crippen LogP contribution >= 0.6 is 0 Å². The standard InChI is InChI=1S/C13H11FN2O5S/c1-21-12-7-6-9(16(17)18)8-13(12)22(19,20)15-11-5-3-2-4-10(11)14/h2-8,15H,1H3. The number of para-hydroxylation sites is 1. The zero-order valence-electron chi connectivity index (χ0n) is 11.3. The van der Waals surface area contributed by atoms with Crippen LogP contribution in [0.1, 0.15) is 0 Å². The van der Waals surface area contributed by atoms with Gasteiger partial charge in [-0.3, -0.25) is 14.8 Å². The highest BCUT2D eigenvalue weighted by atomic mass is 32.2. The Bertz CT molecular complexity index is 823. The molecule has 0 fully saturated rings. The number of methoxy groups -OCH3 is 1. The van der Waals surface area contributed by atoms with Crippen LogP contribution in [-0.2, 0) is 10.0 Å². The van der Waals surface area contributed by atoms with Crippen molar-refractivity contribution in [2.45, 2.75) is 4.90 Å². The zero-order valence-corrected chi connectivity index (χ0v) is 12.1. The number of rotatable bonds is 5. The van der Waals surface area contributed by atoms with Gasteiger partial charge in [0.15, 0.2) is 0 Å². The van der Waals surface area contributed by atoms with Crippen LogP contribution < -0.4 is 9.46 Å². The fourth-order valence-electron chi connectivity index (χ4n) is 1.73. The minimum Gasteiger partial charge on any atom is -0.495 e. The number of hydrogen-bond acceptors (Lipinski definition) is 5. The molecule has 0 spiro atoms. The highest BCUT2D eigenvalue weighted by Crippen LogP contribution is 2.30. The van der Waals surface area contributed by atoms with Crippen LogP contribution in [-0.4, -0.2) is 20.5 Å². The Hall–Kier alpha value is -2.68. The molecule has 116 valence electrons. The molecule has 0 bridgehead atoms. The second kappa shape index (κ2) is 5.98. The minimum absolute atomic E-state index is 0.0885. The molecule has 1 N–H and O–H groups in total.